The van der Waals surface area contributed by atoms with Gasteiger partial charge in [0.05, 0.1) is 19.8 Å². The van der Waals surface area contributed by atoms with E-state index in [0.29, 0.717) is 42.9 Å². The second kappa shape index (κ2) is 7.63. The molecule has 148 valence electrons. The van der Waals surface area contributed by atoms with E-state index in [1.807, 2.05) is 0 Å². The maximum atomic E-state index is 13.3. The summed E-state index contributed by atoms with van der Waals surface area (Å²) in [7, 11) is -3.54. The zero-order valence-corrected chi connectivity index (χ0v) is 16.4. The highest BCUT2D eigenvalue weighted by Gasteiger charge is 2.27. The summed E-state index contributed by atoms with van der Waals surface area (Å²) in [5.74, 6) is -0.714. The number of ether oxygens (including phenoxy) is 1. The summed E-state index contributed by atoms with van der Waals surface area (Å²) in [6, 6.07) is 9.08. The van der Waals surface area contributed by atoms with Crippen LogP contribution >= 0.6 is 11.3 Å². The van der Waals surface area contributed by atoms with E-state index in [1.165, 1.54) is 16.4 Å². The van der Waals surface area contributed by atoms with Crippen LogP contribution in [0, 0.1) is 5.82 Å². The number of aromatic nitrogens is 1. The monoisotopic (exact) mass is 423 g/mol. The molecule has 1 fully saturated rings. The Hall–Kier alpha value is -2.27. The van der Waals surface area contributed by atoms with E-state index < -0.39 is 10.0 Å². The average molecular weight is 423 g/mol. The molecule has 0 bridgehead atoms. The highest BCUT2D eigenvalue weighted by molar-refractivity contribution is 7.91. The van der Waals surface area contributed by atoms with Gasteiger partial charge in [0, 0.05) is 28.9 Å². The predicted molar refractivity (Wildman–Crippen MR) is 103 cm³/mol. The van der Waals surface area contributed by atoms with Crippen molar-refractivity contribution in [2.75, 3.05) is 26.3 Å². The van der Waals surface area contributed by atoms with Gasteiger partial charge in [-0.15, -0.1) is 11.3 Å². The SMILES string of the molecule is O=C(NCc1ccc(S(=O)(=O)N2CCOCC2)s1)c1cc2cc(F)ccc2[nH]1. The minimum atomic E-state index is -3.54. The second-order valence-electron chi connectivity index (χ2n) is 6.33. The number of halogens is 1. The van der Waals surface area contributed by atoms with Gasteiger partial charge < -0.3 is 15.0 Å². The lowest BCUT2D eigenvalue weighted by atomic mass is 10.2. The number of benzene rings is 1. The van der Waals surface area contributed by atoms with E-state index in [0.717, 1.165) is 16.2 Å². The number of sulfonamides is 1. The Labute approximate surface area is 165 Å². The lowest BCUT2D eigenvalue weighted by Crippen LogP contribution is -2.40. The van der Waals surface area contributed by atoms with Gasteiger partial charge in [0.25, 0.3) is 15.9 Å². The molecule has 0 aliphatic carbocycles. The number of carbonyl (C=O) groups excluding carboxylic acids is 1. The highest BCUT2D eigenvalue weighted by Crippen LogP contribution is 2.25. The minimum Gasteiger partial charge on any atom is -0.379 e. The molecule has 2 aromatic heterocycles. The molecule has 1 saturated heterocycles. The zero-order chi connectivity index (χ0) is 19.7. The van der Waals surface area contributed by atoms with Crippen molar-refractivity contribution < 1.29 is 22.3 Å². The number of aromatic amines is 1. The average Bonchev–Trinajstić information content (AvgIpc) is 3.34. The third kappa shape index (κ3) is 3.81. The maximum absolute atomic E-state index is 13.3. The molecule has 4 rings (SSSR count). The highest BCUT2D eigenvalue weighted by atomic mass is 32.2. The lowest BCUT2D eigenvalue weighted by Gasteiger charge is -2.25. The number of nitrogens with one attached hydrogen (secondary N) is 2. The lowest BCUT2D eigenvalue weighted by molar-refractivity contribution is 0.0731. The molecule has 0 radical (unpaired) electrons. The Bertz CT molecular complexity index is 1120. The predicted octanol–water partition coefficient (Wildman–Crippen LogP) is 2.32. The molecule has 0 saturated carbocycles. The fraction of sp³-hybridized carbons (Fsp3) is 0.278. The van der Waals surface area contributed by atoms with Crippen LogP contribution in [0.1, 0.15) is 15.4 Å². The molecule has 3 heterocycles. The van der Waals surface area contributed by atoms with Crippen molar-refractivity contribution in [1.29, 1.82) is 0 Å². The van der Waals surface area contributed by atoms with Crippen LogP contribution in [0.3, 0.4) is 0 Å². The molecular formula is C18H18FN3O4S2. The molecule has 2 N–H and O–H groups in total. The third-order valence-corrected chi connectivity index (χ3v) is 7.90. The number of morpholine rings is 1. The van der Waals surface area contributed by atoms with Crippen molar-refractivity contribution in [2.45, 2.75) is 10.8 Å². The third-order valence-electron chi connectivity index (χ3n) is 4.45. The largest absolute Gasteiger partial charge is 0.379 e. The summed E-state index contributed by atoms with van der Waals surface area (Å²) in [6.07, 6.45) is 0. The van der Waals surface area contributed by atoms with E-state index in [1.54, 1.807) is 24.3 Å². The summed E-state index contributed by atoms with van der Waals surface area (Å²) in [6.45, 7) is 1.66. The van der Waals surface area contributed by atoms with Crippen molar-refractivity contribution >= 4 is 38.2 Å². The fourth-order valence-corrected chi connectivity index (χ4v) is 5.85. The number of amides is 1. The summed E-state index contributed by atoms with van der Waals surface area (Å²) in [5, 5.41) is 3.36. The van der Waals surface area contributed by atoms with Crippen LogP contribution in [-0.4, -0.2) is 49.9 Å². The molecule has 1 amide bonds. The zero-order valence-electron chi connectivity index (χ0n) is 14.8. The van der Waals surface area contributed by atoms with Gasteiger partial charge in [-0.1, -0.05) is 0 Å². The van der Waals surface area contributed by atoms with Crippen LogP contribution in [0.2, 0.25) is 0 Å². The van der Waals surface area contributed by atoms with E-state index in [9.17, 15) is 17.6 Å². The van der Waals surface area contributed by atoms with Crippen LogP contribution < -0.4 is 5.32 Å². The van der Waals surface area contributed by atoms with Gasteiger partial charge in [0.1, 0.15) is 15.7 Å². The van der Waals surface area contributed by atoms with E-state index in [4.69, 9.17) is 4.74 Å². The van der Waals surface area contributed by atoms with Crippen LogP contribution in [-0.2, 0) is 21.3 Å². The van der Waals surface area contributed by atoms with E-state index in [2.05, 4.69) is 10.3 Å². The number of carbonyl (C=O) groups is 1. The summed E-state index contributed by atoms with van der Waals surface area (Å²) in [5.41, 5.74) is 0.986. The Morgan fingerprint density at radius 1 is 1.21 bits per heavy atom. The quantitative estimate of drug-likeness (QED) is 0.659. The molecule has 28 heavy (non-hydrogen) atoms. The van der Waals surface area contributed by atoms with Gasteiger partial charge in [-0.25, -0.2) is 12.8 Å². The number of thiophene rings is 1. The topological polar surface area (TPSA) is 91.5 Å². The van der Waals surface area contributed by atoms with Crippen LogP contribution in [0.4, 0.5) is 4.39 Å². The number of nitrogens with zero attached hydrogens (tertiary/aromatic N) is 1. The van der Waals surface area contributed by atoms with Gasteiger partial charge >= 0.3 is 0 Å². The van der Waals surface area contributed by atoms with Crippen LogP contribution in [0.25, 0.3) is 10.9 Å². The molecule has 1 aliphatic heterocycles. The molecule has 7 nitrogen and oxygen atoms in total. The van der Waals surface area contributed by atoms with Crippen molar-refractivity contribution in [1.82, 2.24) is 14.6 Å². The number of fused-ring (bicyclic) bond motifs is 1. The minimum absolute atomic E-state index is 0.200. The first-order valence-electron chi connectivity index (χ1n) is 8.66. The fourth-order valence-electron chi connectivity index (χ4n) is 2.99. The number of hydrogen-bond acceptors (Lipinski definition) is 5. The first kappa shape index (κ1) is 19.1. The van der Waals surface area contributed by atoms with Crippen LogP contribution in [0.5, 0.6) is 0 Å². The summed E-state index contributed by atoms with van der Waals surface area (Å²) in [4.78, 5) is 16.0. The first-order chi connectivity index (χ1) is 13.4. The molecule has 1 aromatic carbocycles. The van der Waals surface area contributed by atoms with Gasteiger partial charge in [0.2, 0.25) is 0 Å². The van der Waals surface area contributed by atoms with Crippen LogP contribution in [0.15, 0.2) is 40.6 Å². The molecule has 0 spiro atoms. The molecule has 10 heteroatoms. The first-order valence-corrected chi connectivity index (χ1v) is 10.9. The number of H-pyrrole nitrogens is 1. The standard InChI is InChI=1S/C18H18FN3O4S2/c19-13-1-3-15-12(9-13)10-16(21-15)18(23)20-11-14-2-4-17(27-14)28(24,25)22-5-7-26-8-6-22/h1-4,9-10,21H,5-8,11H2,(H,20,23). The smallest absolute Gasteiger partial charge is 0.268 e. The number of rotatable bonds is 5. The van der Waals surface area contributed by atoms with Gasteiger partial charge in [-0.05, 0) is 36.4 Å². The normalized spacial score (nSPS) is 15.8. The van der Waals surface area contributed by atoms with E-state index >= 15 is 0 Å². The maximum Gasteiger partial charge on any atom is 0.268 e. The number of hydrogen-bond donors (Lipinski definition) is 2. The summed E-state index contributed by atoms with van der Waals surface area (Å²) < 4.78 is 45.4. The Morgan fingerprint density at radius 3 is 2.79 bits per heavy atom. The van der Waals surface area contributed by atoms with Crippen molar-refractivity contribution in [2.24, 2.45) is 0 Å². The summed E-state index contributed by atoms with van der Waals surface area (Å²) >= 11 is 1.13. The van der Waals surface area contributed by atoms with Gasteiger partial charge in [0.15, 0.2) is 0 Å². The molecular weight excluding hydrogens is 405 g/mol. The molecule has 0 unspecified atom stereocenters. The van der Waals surface area contributed by atoms with Gasteiger partial charge in [-0.2, -0.15) is 4.31 Å². The second-order valence-corrected chi connectivity index (χ2v) is 9.67. The van der Waals surface area contributed by atoms with Crippen molar-refractivity contribution in [3.63, 3.8) is 0 Å². The van der Waals surface area contributed by atoms with Crippen molar-refractivity contribution in [3.05, 3.63) is 52.8 Å². The Kier molecular flexibility index (Phi) is 5.19. The van der Waals surface area contributed by atoms with E-state index in [-0.39, 0.29) is 22.5 Å². The Morgan fingerprint density at radius 2 is 2.00 bits per heavy atom. The van der Waals surface area contributed by atoms with Gasteiger partial charge in [-0.3, -0.25) is 4.79 Å². The Balaban J connectivity index is 1.43. The molecule has 0 atom stereocenters. The van der Waals surface area contributed by atoms with Crippen molar-refractivity contribution in [3.8, 4) is 0 Å². The molecule has 3 aromatic rings. The molecule has 1 aliphatic rings.